The first-order valence-electron chi connectivity index (χ1n) is 5.94. The molecule has 0 saturated carbocycles. The van der Waals surface area contributed by atoms with E-state index in [2.05, 4.69) is 0 Å². The summed E-state index contributed by atoms with van der Waals surface area (Å²) in [5, 5.41) is 9.61. The van der Waals surface area contributed by atoms with Gasteiger partial charge in [-0.25, -0.2) is 8.42 Å². The van der Waals surface area contributed by atoms with Crippen molar-refractivity contribution < 1.29 is 13.5 Å². The quantitative estimate of drug-likeness (QED) is 0.923. The van der Waals surface area contributed by atoms with Crippen LogP contribution in [0.2, 0.25) is 5.02 Å². The fourth-order valence-corrected chi connectivity index (χ4v) is 5.24. The zero-order chi connectivity index (χ0) is 14.0. The first-order valence-corrected chi connectivity index (χ1v) is 8.92. The lowest BCUT2D eigenvalue weighted by atomic mass is 10.1. The summed E-state index contributed by atoms with van der Waals surface area (Å²) in [4.78, 5) is 0.205. The predicted octanol–water partition coefficient (Wildman–Crippen LogP) is 1.88. The van der Waals surface area contributed by atoms with E-state index in [9.17, 15) is 13.5 Å². The lowest BCUT2D eigenvalue weighted by Crippen LogP contribution is -2.38. The second-order valence-corrected chi connectivity index (χ2v) is 7.93. The van der Waals surface area contributed by atoms with Crippen molar-refractivity contribution in [1.29, 1.82) is 0 Å². The molecule has 0 aliphatic carbocycles. The summed E-state index contributed by atoms with van der Waals surface area (Å²) in [6, 6.07) is 3.06. The molecule has 106 valence electrons. The van der Waals surface area contributed by atoms with Gasteiger partial charge in [-0.1, -0.05) is 11.6 Å². The van der Waals surface area contributed by atoms with Crippen molar-refractivity contribution in [3.8, 4) is 0 Å². The summed E-state index contributed by atoms with van der Waals surface area (Å²) >= 11 is 7.70. The van der Waals surface area contributed by atoms with E-state index in [-0.39, 0.29) is 11.5 Å². The summed E-state index contributed by atoms with van der Waals surface area (Å²) < 4.78 is 26.7. The Hall–Kier alpha value is -0.270. The number of rotatable bonds is 3. The topological polar surface area (TPSA) is 57.6 Å². The van der Waals surface area contributed by atoms with Crippen LogP contribution in [-0.2, 0) is 16.6 Å². The van der Waals surface area contributed by atoms with Gasteiger partial charge >= 0.3 is 0 Å². The third-order valence-corrected chi connectivity index (χ3v) is 6.38. The van der Waals surface area contributed by atoms with Crippen LogP contribution in [0.1, 0.15) is 11.1 Å². The van der Waals surface area contributed by atoms with Crippen LogP contribution in [0.25, 0.3) is 0 Å². The van der Waals surface area contributed by atoms with Gasteiger partial charge in [-0.05, 0) is 30.2 Å². The fraction of sp³-hybridized carbons (Fsp3) is 0.500. The summed E-state index contributed by atoms with van der Waals surface area (Å²) in [5.41, 5.74) is 1.13. The number of halogens is 1. The van der Waals surface area contributed by atoms with Crippen molar-refractivity contribution >= 4 is 33.4 Å². The molecule has 0 spiro atoms. The predicted molar refractivity (Wildman–Crippen MR) is 78.2 cm³/mol. The second-order valence-electron chi connectivity index (χ2n) is 4.36. The maximum atomic E-state index is 12.6. The third-order valence-electron chi connectivity index (χ3n) is 3.19. The fourth-order valence-electron chi connectivity index (χ4n) is 2.07. The van der Waals surface area contributed by atoms with Crippen LogP contribution in [-0.4, -0.2) is 42.4 Å². The molecule has 0 atom stereocenters. The van der Waals surface area contributed by atoms with Crippen LogP contribution in [0, 0.1) is 6.92 Å². The molecule has 1 saturated heterocycles. The molecule has 0 aromatic heterocycles. The van der Waals surface area contributed by atoms with Crippen LogP contribution >= 0.6 is 23.4 Å². The number of hydrogen-bond donors (Lipinski definition) is 1. The molecular weight excluding hydrogens is 306 g/mol. The molecule has 1 N–H and O–H groups in total. The largest absolute Gasteiger partial charge is 0.392 e. The SMILES string of the molecule is Cc1c(CO)cc(Cl)cc1S(=O)(=O)N1CCSCC1. The van der Waals surface area contributed by atoms with E-state index in [1.807, 2.05) is 0 Å². The van der Waals surface area contributed by atoms with E-state index >= 15 is 0 Å². The van der Waals surface area contributed by atoms with Gasteiger partial charge in [0.2, 0.25) is 10.0 Å². The molecule has 1 aliphatic heterocycles. The Bertz CT molecular complexity index is 569. The number of thioether (sulfide) groups is 1. The molecule has 1 aromatic carbocycles. The van der Waals surface area contributed by atoms with Crippen LogP contribution in [0.15, 0.2) is 17.0 Å². The molecule has 0 amide bonds. The number of aliphatic hydroxyl groups excluding tert-OH is 1. The average molecular weight is 322 g/mol. The highest BCUT2D eigenvalue weighted by atomic mass is 35.5. The van der Waals surface area contributed by atoms with E-state index < -0.39 is 10.0 Å². The Morgan fingerprint density at radius 1 is 1.37 bits per heavy atom. The number of hydrogen-bond acceptors (Lipinski definition) is 4. The molecule has 1 fully saturated rings. The summed E-state index contributed by atoms with van der Waals surface area (Å²) in [6.45, 7) is 2.53. The lowest BCUT2D eigenvalue weighted by molar-refractivity contribution is 0.280. The maximum Gasteiger partial charge on any atom is 0.243 e. The molecule has 1 aliphatic rings. The number of nitrogens with zero attached hydrogens (tertiary/aromatic N) is 1. The molecule has 0 radical (unpaired) electrons. The van der Waals surface area contributed by atoms with Gasteiger partial charge in [0.05, 0.1) is 11.5 Å². The van der Waals surface area contributed by atoms with Gasteiger partial charge in [-0.15, -0.1) is 0 Å². The first-order chi connectivity index (χ1) is 8.96. The molecular formula is C12H16ClNO3S2. The number of benzene rings is 1. The normalized spacial score (nSPS) is 17.6. The Morgan fingerprint density at radius 2 is 2.00 bits per heavy atom. The monoisotopic (exact) mass is 321 g/mol. The minimum atomic E-state index is -3.52. The Balaban J connectivity index is 2.47. The van der Waals surface area contributed by atoms with Crippen LogP contribution in [0.3, 0.4) is 0 Å². The summed E-state index contributed by atoms with van der Waals surface area (Å²) in [6.07, 6.45) is 0. The van der Waals surface area contributed by atoms with Crippen LogP contribution in [0.4, 0.5) is 0 Å². The molecule has 19 heavy (non-hydrogen) atoms. The smallest absolute Gasteiger partial charge is 0.243 e. The highest BCUT2D eigenvalue weighted by molar-refractivity contribution is 7.99. The minimum Gasteiger partial charge on any atom is -0.392 e. The summed E-state index contributed by atoms with van der Waals surface area (Å²) in [5.74, 6) is 1.62. The minimum absolute atomic E-state index is 0.205. The van der Waals surface area contributed by atoms with Gasteiger partial charge in [0.25, 0.3) is 0 Å². The Labute approximate surface area is 122 Å². The van der Waals surface area contributed by atoms with E-state index in [1.54, 1.807) is 24.8 Å². The second kappa shape index (κ2) is 6.01. The van der Waals surface area contributed by atoms with Gasteiger partial charge in [-0.3, -0.25) is 0 Å². The highest BCUT2D eigenvalue weighted by Gasteiger charge is 2.28. The molecule has 2 rings (SSSR count). The highest BCUT2D eigenvalue weighted by Crippen LogP contribution is 2.28. The van der Waals surface area contributed by atoms with Crippen molar-refractivity contribution in [2.24, 2.45) is 0 Å². The van der Waals surface area contributed by atoms with Gasteiger partial charge in [0, 0.05) is 29.6 Å². The van der Waals surface area contributed by atoms with E-state index in [0.717, 1.165) is 11.5 Å². The zero-order valence-electron chi connectivity index (χ0n) is 10.6. The van der Waals surface area contributed by atoms with Gasteiger partial charge in [0.1, 0.15) is 0 Å². The Kier molecular flexibility index (Phi) is 4.79. The van der Waals surface area contributed by atoms with Crippen LogP contribution in [0.5, 0.6) is 0 Å². The first kappa shape index (κ1) is 15.1. The molecule has 0 bridgehead atoms. The van der Waals surface area contributed by atoms with Gasteiger partial charge in [-0.2, -0.15) is 16.1 Å². The molecule has 0 unspecified atom stereocenters. The van der Waals surface area contributed by atoms with E-state index in [1.165, 1.54) is 10.4 Å². The van der Waals surface area contributed by atoms with Crippen molar-refractivity contribution in [2.45, 2.75) is 18.4 Å². The molecule has 1 heterocycles. The Morgan fingerprint density at radius 3 is 2.58 bits per heavy atom. The average Bonchev–Trinajstić information content (AvgIpc) is 2.41. The van der Waals surface area contributed by atoms with Gasteiger partial charge in [0.15, 0.2) is 0 Å². The lowest BCUT2D eigenvalue weighted by Gasteiger charge is -2.26. The molecule has 4 nitrogen and oxygen atoms in total. The van der Waals surface area contributed by atoms with E-state index in [4.69, 9.17) is 11.6 Å². The van der Waals surface area contributed by atoms with Crippen molar-refractivity contribution in [3.05, 3.63) is 28.3 Å². The maximum absolute atomic E-state index is 12.6. The summed E-state index contributed by atoms with van der Waals surface area (Å²) in [7, 11) is -3.52. The van der Waals surface area contributed by atoms with E-state index in [0.29, 0.717) is 29.2 Å². The van der Waals surface area contributed by atoms with Crippen molar-refractivity contribution in [2.75, 3.05) is 24.6 Å². The standard InChI is InChI=1S/C12H16ClNO3S2/c1-9-10(8-15)6-11(13)7-12(9)19(16,17)14-2-4-18-5-3-14/h6-7,15H,2-5,8H2,1H3. The third kappa shape index (κ3) is 3.08. The van der Waals surface area contributed by atoms with Crippen LogP contribution < -0.4 is 0 Å². The zero-order valence-corrected chi connectivity index (χ0v) is 13.0. The molecule has 1 aromatic rings. The van der Waals surface area contributed by atoms with Gasteiger partial charge < -0.3 is 5.11 Å². The molecule has 7 heteroatoms. The number of aliphatic hydroxyl groups is 1. The van der Waals surface area contributed by atoms with Crippen molar-refractivity contribution in [1.82, 2.24) is 4.31 Å². The number of sulfonamides is 1. The van der Waals surface area contributed by atoms with Crippen molar-refractivity contribution in [3.63, 3.8) is 0 Å².